The molecule has 1 saturated heterocycles. The normalized spacial score (nSPS) is 20.6. The Bertz CT molecular complexity index is 783. The highest BCUT2D eigenvalue weighted by Gasteiger charge is 2.26. The van der Waals surface area contributed by atoms with Crippen LogP contribution in [0.1, 0.15) is 29.8 Å². The molecule has 1 atom stereocenters. The van der Waals surface area contributed by atoms with Crippen LogP contribution in [0.2, 0.25) is 0 Å². The highest BCUT2D eigenvalue weighted by molar-refractivity contribution is 7.10. The van der Waals surface area contributed by atoms with Crippen LogP contribution in [-0.4, -0.2) is 55.0 Å². The van der Waals surface area contributed by atoms with Gasteiger partial charge >= 0.3 is 0 Å². The van der Waals surface area contributed by atoms with Crippen molar-refractivity contribution in [3.05, 3.63) is 52.0 Å². The van der Waals surface area contributed by atoms with Crippen molar-refractivity contribution >= 4 is 22.9 Å². The lowest BCUT2D eigenvalue weighted by atomic mass is 10.0. The molecular formula is C21H26FN3OS. The quantitative estimate of drug-likeness (QED) is 0.803. The predicted octanol–water partition coefficient (Wildman–Crippen LogP) is 3.55. The number of rotatable bonds is 4. The summed E-state index contributed by atoms with van der Waals surface area (Å²) < 4.78 is 13.1. The van der Waals surface area contributed by atoms with E-state index >= 15 is 0 Å². The van der Waals surface area contributed by atoms with Crippen molar-refractivity contribution in [2.45, 2.75) is 25.8 Å². The number of fused-ring (bicyclic) bond motifs is 1. The van der Waals surface area contributed by atoms with Crippen LogP contribution in [0, 0.1) is 5.82 Å². The van der Waals surface area contributed by atoms with Crippen LogP contribution >= 0.6 is 11.3 Å². The first-order valence-electron chi connectivity index (χ1n) is 9.70. The average Bonchev–Trinajstić information content (AvgIpc) is 3.18. The van der Waals surface area contributed by atoms with Crippen LogP contribution in [0.25, 0.3) is 0 Å². The van der Waals surface area contributed by atoms with Crippen LogP contribution in [0.3, 0.4) is 0 Å². The number of carbonyl (C=O) groups is 1. The molecule has 1 aromatic heterocycles. The number of amides is 1. The minimum atomic E-state index is -0.214. The van der Waals surface area contributed by atoms with Crippen LogP contribution in [-0.2, 0) is 11.2 Å². The molecule has 0 aliphatic carbocycles. The summed E-state index contributed by atoms with van der Waals surface area (Å²) in [7, 11) is 0. The fourth-order valence-electron chi connectivity index (χ4n) is 4.13. The number of benzene rings is 1. The summed E-state index contributed by atoms with van der Waals surface area (Å²) in [5.74, 6) is 0.0335. The zero-order valence-electron chi connectivity index (χ0n) is 15.7. The summed E-state index contributed by atoms with van der Waals surface area (Å²) >= 11 is 1.85. The molecule has 1 aromatic carbocycles. The highest BCUT2D eigenvalue weighted by Crippen LogP contribution is 2.32. The van der Waals surface area contributed by atoms with Crippen molar-refractivity contribution in [1.29, 1.82) is 0 Å². The van der Waals surface area contributed by atoms with Crippen molar-refractivity contribution in [2.24, 2.45) is 0 Å². The molecule has 2 aliphatic heterocycles. The lowest BCUT2D eigenvalue weighted by Crippen LogP contribution is -2.49. The van der Waals surface area contributed by atoms with E-state index in [1.165, 1.54) is 22.6 Å². The lowest BCUT2D eigenvalue weighted by molar-refractivity contribution is -0.132. The SMILES string of the molecule is CC1c2ccsc2CCN1CCC(=O)N1CCN(c2ccc(F)cc2)CC1. The third-order valence-corrected chi connectivity index (χ3v) is 6.84. The molecule has 6 heteroatoms. The molecule has 0 spiro atoms. The molecule has 2 aliphatic rings. The second-order valence-electron chi connectivity index (χ2n) is 7.36. The largest absolute Gasteiger partial charge is 0.368 e. The molecule has 3 heterocycles. The third-order valence-electron chi connectivity index (χ3n) is 5.84. The Kier molecular flexibility index (Phi) is 5.45. The van der Waals surface area contributed by atoms with Crippen LogP contribution in [0.5, 0.6) is 0 Å². The maximum atomic E-state index is 13.1. The van der Waals surface area contributed by atoms with Gasteiger partial charge in [0.05, 0.1) is 0 Å². The predicted molar refractivity (Wildman–Crippen MR) is 108 cm³/mol. The highest BCUT2D eigenvalue weighted by atomic mass is 32.1. The summed E-state index contributed by atoms with van der Waals surface area (Å²) in [6.45, 7) is 7.19. The fraction of sp³-hybridized carbons (Fsp3) is 0.476. The summed E-state index contributed by atoms with van der Waals surface area (Å²) in [6, 6.07) is 9.24. The van der Waals surface area contributed by atoms with E-state index in [9.17, 15) is 9.18 Å². The Morgan fingerprint density at radius 1 is 1.11 bits per heavy atom. The van der Waals surface area contributed by atoms with Gasteiger partial charge in [0, 0.05) is 62.3 Å². The molecule has 1 unspecified atom stereocenters. The first-order chi connectivity index (χ1) is 13.1. The topological polar surface area (TPSA) is 26.8 Å². The second kappa shape index (κ2) is 7.98. The molecule has 0 saturated carbocycles. The van der Waals surface area contributed by atoms with Gasteiger partial charge in [-0.15, -0.1) is 11.3 Å². The molecule has 0 bridgehead atoms. The first-order valence-corrected chi connectivity index (χ1v) is 10.6. The number of carbonyl (C=O) groups excluding carboxylic acids is 1. The minimum absolute atomic E-state index is 0.214. The van der Waals surface area contributed by atoms with Gasteiger partial charge in [0.2, 0.25) is 5.91 Å². The number of hydrogen-bond donors (Lipinski definition) is 0. The molecule has 1 fully saturated rings. The Morgan fingerprint density at radius 3 is 2.59 bits per heavy atom. The molecule has 144 valence electrons. The number of thiophene rings is 1. The maximum absolute atomic E-state index is 13.1. The van der Waals surface area contributed by atoms with E-state index < -0.39 is 0 Å². The van der Waals surface area contributed by atoms with Gasteiger partial charge in [-0.05, 0) is 54.6 Å². The first kappa shape index (κ1) is 18.4. The summed E-state index contributed by atoms with van der Waals surface area (Å²) in [6.07, 6.45) is 1.68. The Labute approximate surface area is 164 Å². The summed E-state index contributed by atoms with van der Waals surface area (Å²) in [5.41, 5.74) is 2.46. The third kappa shape index (κ3) is 4.01. The Hall–Kier alpha value is -1.92. The number of piperazine rings is 1. The number of halogens is 1. The molecule has 0 radical (unpaired) electrons. The van der Waals surface area contributed by atoms with E-state index in [-0.39, 0.29) is 11.7 Å². The number of hydrogen-bond acceptors (Lipinski definition) is 4. The molecule has 1 amide bonds. The Balaban J connectivity index is 1.26. The molecule has 4 rings (SSSR count). The zero-order valence-corrected chi connectivity index (χ0v) is 16.6. The van der Waals surface area contributed by atoms with Crippen molar-refractivity contribution < 1.29 is 9.18 Å². The van der Waals surface area contributed by atoms with Gasteiger partial charge in [0.25, 0.3) is 0 Å². The Morgan fingerprint density at radius 2 is 1.85 bits per heavy atom. The summed E-state index contributed by atoms with van der Waals surface area (Å²) in [5, 5.41) is 2.18. The van der Waals surface area contributed by atoms with Crippen molar-refractivity contribution in [3.8, 4) is 0 Å². The van der Waals surface area contributed by atoms with Crippen molar-refractivity contribution in [1.82, 2.24) is 9.80 Å². The van der Waals surface area contributed by atoms with E-state index in [0.717, 1.165) is 51.4 Å². The van der Waals surface area contributed by atoms with Crippen LogP contribution in [0.15, 0.2) is 35.7 Å². The minimum Gasteiger partial charge on any atom is -0.368 e. The summed E-state index contributed by atoms with van der Waals surface area (Å²) in [4.78, 5) is 20.8. The van der Waals surface area contributed by atoms with Crippen molar-refractivity contribution in [2.75, 3.05) is 44.2 Å². The van der Waals surface area contributed by atoms with Gasteiger partial charge in [-0.2, -0.15) is 0 Å². The van der Waals surface area contributed by atoms with Gasteiger partial charge in [-0.1, -0.05) is 0 Å². The van der Waals surface area contributed by atoms with E-state index in [2.05, 4.69) is 28.2 Å². The molecule has 27 heavy (non-hydrogen) atoms. The van der Waals surface area contributed by atoms with Gasteiger partial charge in [-0.25, -0.2) is 4.39 Å². The molecule has 4 nitrogen and oxygen atoms in total. The average molecular weight is 388 g/mol. The molecular weight excluding hydrogens is 361 g/mol. The smallest absolute Gasteiger partial charge is 0.223 e. The van der Waals surface area contributed by atoms with E-state index in [1.54, 1.807) is 0 Å². The monoisotopic (exact) mass is 387 g/mol. The second-order valence-corrected chi connectivity index (χ2v) is 8.36. The zero-order chi connectivity index (χ0) is 18.8. The van der Waals surface area contributed by atoms with E-state index in [1.807, 2.05) is 28.4 Å². The lowest BCUT2D eigenvalue weighted by Gasteiger charge is -2.37. The van der Waals surface area contributed by atoms with Gasteiger partial charge in [0.1, 0.15) is 5.82 Å². The maximum Gasteiger partial charge on any atom is 0.223 e. The van der Waals surface area contributed by atoms with Crippen LogP contribution in [0.4, 0.5) is 10.1 Å². The van der Waals surface area contributed by atoms with Gasteiger partial charge in [-0.3, -0.25) is 9.69 Å². The van der Waals surface area contributed by atoms with E-state index in [4.69, 9.17) is 0 Å². The molecule has 2 aromatic rings. The standard InChI is InChI=1S/C21H26FN3OS/c1-16-19-8-15-27-20(19)6-9-23(16)10-7-21(26)25-13-11-24(12-14-25)18-4-2-17(22)3-5-18/h2-5,8,15-16H,6-7,9-14H2,1H3. The molecule has 0 N–H and O–H groups in total. The fourth-order valence-corrected chi connectivity index (χ4v) is 5.09. The van der Waals surface area contributed by atoms with Crippen LogP contribution < -0.4 is 4.90 Å². The van der Waals surface area contributed by atoms with Crippen molar-refractivity contribution in [3.63, 3.8) is 0 Å². The number of nitrogens with zero attached hydrogens (tertiary/aromatic N) is 3. The van der Waals surface area contributed by atoms with Gasteiger partial charge < -0.3 is 9.80 Å². The van der Waals surface area contributed by atoms with E-state index in [0.29, 0.717) is 12.5 Å². The number of anilines is 1. The van der Waals surface area contributed by atoms with Gasteiger partial charge in [0.15, 0.2) is 0 Å².